The molecule has 1 fully saturated rings. The van der Waals surface area contributed by atoms with Gasteiger partial charge in [0.25, 0.3) is 0 Å². The second kappa shape index (κ2) is 13.8. The molecule has 3 aromatic rings. The summed E-state index contributed by atoms with van der Waals surface area (Å²) in [6, 6.07) is 8.93. The summed E-state index contributed by atoms with van der Waals surface area (Å²) in [6.07, 6.45) is 5.20. The fourth-order valence-electron chi connectivity index (χ4n) is 4.28. The van der Waals surface area contributed by atoms with Gasteiger partial charge in [0, 0.05) is 58.2 Å². The number of rotatable bonds is 11. The van der Waals surface area contributed by atoms with E-state index in [0.29, 0.717) is 44.4 Å². The van der Waals surface area contributed by atoms with E-state index in [1.54, 1.807) is 41.4 Å². The molecule has 0 bridgehead atoms. The van der Waals surface area contributed by atoms with Crippen LogP contribution in [0.25, 0.3) is 5.95 Å². The van der Waals surface area contributed by atoms with Gasteiger partial charge in [0.15, 0.2) is 0 Å². The van der Waals surface area contributed by atoms with Crippen LogP contribution in [0.15, 0.2) is 49.1 Å². The summed E-state index contributed by atoms with van der Waals surface area (Å²) in [6.45, 7) is 2.05. The van der Waals surface area contributed by atoms with Crippen LogP contribution in [-0.4, -0.2) is 96.1 Å². The van der Waals surface area contributed by atoms with Crippen LogP contribution >= 0.6 is 11.6 Å². The van der Waals surface area contributed by atoms with E-state index in [0.717, 1.165) is 11.3 Å². The SMILES string of the molecule is COCCOC(=O)N1CCN(c2cc(Cl)nc(-n3ccnc3)n2)CC1CC(=O)NCCc1cccc(OC)c1. The zero-order valence-electron chi connectivity index (χ0n) is 22.0. The molecule has 208 valence electrons. The number of piperazine rings is 1. The second-order valence-corrected chi connectivity index (χ2v) is 9.26. The van der Waals surface area contributed by atoms with Gasteiger partial charge in [-0.2, -0.15) is 4.98 Å². The average Bonchev–Trinajstić information content (AvgIpc) is 3.48. The number of anilines is 1. The molecule has 0 spiro atoms. The van der Waals surface area contributed by atoms with E-state index >= 15 is 0 Å². The fourth-order valence-corrected chi connectivity index (χ4v) is 4.46. The number of halogens is 1. The van der Waals surface area contributed by atoms with Crippen LogP contribution in [0, 0.1) is 0 Å². The number of imidazole rings is 1. The number of hydrogen-bond donors (Lipinski definition) is 1. The number of ether oxygens (including phenoxy) is 3. The van der Waals surface area contributed by atoms with Crippen molar-refractivity contribution in [3.63, 3.8) is 0 Å². The molecular weight excluding hydrogens is 526 g/mol. The molecule has 1 aromatic carbocycles. The summed E-state index contributed by atoms with van der Waals surface area (Å²) in [5, 5.41) is 3.24. The summed E-state index contributed by atoms with van der Waals surface area (Å²) in [5.74, 6) is 1.57. The molecule has 1 unspecified atom stereocenters. The minimum absolute atomic E-state index is 0.0984. The standard InChI is InChI=1S/C26H32ClN7O5/c1-37-12-13-39-26(36)34-11-10-32(23-16-22(27)30-25(31-23)33-9-8-28-18-33)17-20(34)15-24(35)29-7-6-19-4-3-5-21(14-19)38-2/h3-5,8-9,14,16,18,20H,6-7,10-13,15,17H2,1-2H3,(H,29,35). The lowest BCUT2D eigenvalue weighted by molar-refractivity contribution is -0.122. The molecule has 4 rings (SSSR count). The number of nitrogens with one attached hydrogen (secondary N) is 1. The maximum Gasteiger partial charge on any atom is 0.410 e. The van der Waals surface area contributed by atoms with Gasteiger partial charge >= 0.3 is 6.09 Å². The predicted octanol–water partition coefficient (Wildman–Crippen LogP) is 2.35. The Morgan fingerprint density at radius 2 is 2.03 bits per heavy atom. The summed E-state index contributed by atoms with van der Waals surface area (Å²) in [5.41, 5.74) is 1.05. The number of aromatic nitrogens is 4. The Labute approximate surface area is 231 Å². The topological polar surface area (TPSA) is 124 Å². The van der Waals surface area contributed by atoms with Crippen LogP contribution in [0.3, 0.4) is 0 Å². The van der Waals surface area contributed by atoms with Gasteiger partial charge in [0.2, 0.25) is 11.9 Å². The number of carbonyl (C=O) groups excluding carboxylic acids is 2. The molecule has 1 aliphatic heterocycles. The third-order valence-electron chi connectivity index (χ3n) is 6.25. The van der Waals surface area contributed by atoms with Gasteiger partial charge in [-0.15, -0.1) is 0 Å². The van der Waals surface area contributed by atoms with Crippen LogP contribution in [0.2, 0.25) is 5.15 Å². The van der Waals surface area contributed by atoms with Crippen molar-refractivity contribution in [2.45, 2.75) is 18.9 Å². The first-order chi connectivity index (χ1) is 19.0. The molecule has 3 heterocycles. The van der Waals surface area contributed by atoms with E-state index < -0.39 is 12.1 Å². The minimum Gasteiger partial charge on any atom is -0.497 e. The molecule has 1 saturated heterocycles. The zero-order chi connectivity index (χ0) is 27.6. The highest BCUT2D eigenvalue weighted by molar-refractivity contribution is 6.29. The van der Waals surface area contributed by atoms with Crippen molar-refractivity contribution in [1.82, 2.24) is 29.7 Å². The Bertz CT molecular complexity index is 1240. The molecule has 1 N–H and O–H groups in total. The van der Waals surface area contributed by atoms with E-state index in [1.165, 1.54) is 7.11 Å². The van der Waals surface area contributed by atoms with Crippen LogP contribution in [0.5, 0.6) is 5.75 Å². The third kappa shape index (κ3) is 7.80. The Morgan fingerprint density at radius 3 is 2.79 bits per heavy atom. The maximum atomic E-state index is 12.9. The molecule has 2 amide bonds. The van der Waals surface area contributed by atoms with Gasteiger partial charge in [0.1, 0.15) is 29.7 Å². The van der Waals surface area contributed by atoms with Crippen LogP contribution in [0.4, 0.5) is 10.6 Å². The Hall–Kier alpha value is -3.90. The lowest BCUT2D eigenvalue weighted by Gasteiger charge is -2.41. The first kappa shape index (κ1) is 28.1. The third-order valence-corrected chi connectivity index (χ3v) is 6.44. The highest BCUT2D eigenvalue weighted by atomic mass is 35.5. The number of hydrogen-bond acceptors (Lipinski definition) is 9. The maximum absolute atomic E-state index is 12.9. The van der Waals surface area contributed by atoms with E-state index in [1.807, 2.05) is 29.2 Å². The van der Waals surface area contributed by atoms with Gasteiger partial charge in [0.05, 0.1) is 19.8 Å². The molecule has 2 aromatic heterocycles. The van der Waals surface area contributed by atoms with Crippen molar-refractivity contribution >= 4 is 29.4 Å². The van der Waals surface area contributed by atoms with E-state index in [9.17, 15) is 9.59 Å². The molecule has 0 radical (unpaired) electrons. The number of benzene rings is 1. The number of nitrogens with zero attached hydrogens (tertiary/aromatic N) is 6. The number of carbonyl (C=O) groups is 2. The lowest BCUT2D eigenvalue weighted by atomic mass is 10.1. The summed E-state index contributed by atoms with van der Waals surface area (Å²) >= 11 is 6.30. The van der Waals surface area contributed by atoms with Crippen molar-refractivity contribution in [2.24, 2.45) is 0 Å². The average molecular weight is 558 g/mol. The lowest BCUT2D eigenvalue weighted by Crippen LogP contribution is -2.57. The predicted molar refractivity (Wildman–Crippen MR) is 144 cm³/mol. The van der Waals surface area contributed by atoms with Gasteiger partial charge in [-0.1, -0.05) is 23.7 Å². The normalized spacial score (nSPS) is 15.2. The molecule has 1 atom stereocenters. The molecule has 39 heavy (non-hydrogen) atoms. The smallest absolute Gasteiger partial charge is 0.410 e. The highest BCUT2D eigenvalue weighted by Gasteiger charge is 2.34. The van der Waals surface area contributed by atoms with Gasteiger partial charge in [-0.3, -0.25) is 9.36 Å². The summed E-state index contributed by atoms with van der Waals surface area (Å²) in [7, 11) is 3.16. The first-order valence-electron chi connectivity index (χ1n) is 12.6. The largest absolute Gasteiger partial charge is 0.497 e. The number of amides is 2. The molecule has 1 aliphatic rings. The van der Waals surface area contributed by atoms with E-state index in [4.69, 9.17) is 25.8 Å². The monoisotopic (exact) mass is 557 g/mol. The molecule has 12 nitrogen and oxygen atoms in total. The molecular formula is C26H32ClN7O5. The first-order valence-corrected chi connectivity index (χ1v) is 12.9. The second-order valence-electron chi connectivity index (χ2n) is 8.87. The Kier molecular flexibility index (Phi) is 9.92. The summed E-state index contributed by atoms with van der Waals surface area (Å²) < 4.78 is 17.3. The van der Waals surface area contributed by atoms with Crippen molar-refractivity contribution < 1.29 is 23.8 Å². The van der Waals surface area contributed by atoms with Crippen molar-refractivity contribution in [2.75, 3.05) is 58.5 Å². The van der Waals surface area contributed by atoms with Gasteiger partial charge in [-0.05, 0) is 24.1 Å². The van der Waals surface area contributed by atoms with Crippen LogP contribution in [0.1, 0.15) is 12.0 Å². The Balaban J connectivity index is 1.43. The minimum atomic E-state index is -0.485. The molecule has 13 heteroatoms. The highest BCUT2D eigenvalue weighted by Crippen LogP contribution is 2.23. The van der Waals surface area contributed by atoms with Gasteiger partial charge < -0.3 is 29.3 Å². The van der Waals surface area contributed by atoms with Crippen molar-refractivity contribution in [3.8, 4) is 11.7 Å². The van der Waals surface area contributed by atoms with E-state index in [2.05, 4.69) is 20.3 Å². The van der Waals surface area contributed by atoms with E-state index in [-0.39, 0.29) is 30.7 Å². The molecule has 0 aliphatic carbocycles. The quantitative estimate of drug-likeness (QED) is 0.279. The summed E-state index contributed by atoms with van der Waals surface area (Å²) in [4.78, 5) is 42.3. The fraction of sp³-hybridized carbons (Fsp3) is 0.423. The zero-order valence-corrected chi connectivity index (χ0v) is 22.7. The van der Waals surface area contributed by atoms with Crippen molar-refractivity contribution in [1.29, 1.82) is 0 Å². The van der Waals surface area contributed by atoms with Crippen LogP contribution in [-0.2, 0) is 20.7 Å². The Morgan fingerprint density at radius 1 is 1.15 bits per heavy atom. The molecule has 0 saturated carbocycles. The van der Waals surface area contributed by atoms with Gasteiger partial charge in [-0.25, -0.2) is 14.8 Å². The van der Waals surface area contributed by atoms with Crippen LogP contribution < -0.4 is 15.0 Å². The van der Waals surface area contributed by atoms with Crippen molar-refractivity contribution in [3.05, 3.63) is 59.8 Å². The number of methoxy groups -OCH3 is 2.